The van der Waals surface area contributed by atoms with Crippen molar-refractivity contribution >= 4 is 5.91 Å². The molecular weight excluding hydrogens is 316 g/mol. The Morgan fingerprint density at radius 1 is 1.28 bits per heavy atom. The fourth-order valence-electron chi connectivity index (χ4n) is 3.13. The predicted octanol–water partition coefficient (Wildman–Crippen LogP) is 1.93. The predicted molar refractivity (Wildman–Crippen MR) is 96.0 cm³/mol. The zero-order valence-corrected chi connectivity index (χ0v) is 15.0. The molecule has 1 aliphatic heterocycles. The number of aromatic nitrogens is 2. The van der Waals surface area contributed by atoms with Crippen LogP contribution >= 0.6 is 0 Å². The van der Waals surface area contributed by atoms with Crippen LogP contribution in [0.5, 0.6) is 0 Å². The van der Waals surface area contributed by atoms with Crippen molar-refractivity contribution in [2.75, 3.05) is 33.8 Å². The van der Waals surface area contributed by atoms with Gasteiger partial charge in [0.2, 0.25) is 5.91 Å². The maximum Gasteiger partial charge on any atom is 0.224 e. The Balaban J connectivity index is 1.52. The minimum absolute atomic E-state index is 0.0859. The Bertz CT molecular complexity index is 684. The smallest absolute Gasteiger partial charge is 0.224 e. The molecule has 2 aromatic rings. The quantitative estimate of drug-likeness (QED) is 0.722. The summed E-state index contributed by atoms with van der Waals surface area (Å²) in [7, 11) is 3.59. The van der Waals surface area contributed by atoms with E-state index in [-0.39, 0.29) is 11.9 Å². The fourth-order valence-corrected chi connectivity index (χ4v) is 3.13. The van der Waals surface area contributed by atoms with Gasteiger partial charge in [-0.3, -0.25) is 14.4 Å². The number of ether oxygens (including phenoxy) is 1. The third kappa shape index (κ3) is 4.67. The van der Waals surface area contributed by atoms with Gasteiger partial charge in [0, 0.05) is 39.9 Å². The topological polar surface area (TPSA) is 50.6 Å². The van der Waals surface area contributed by atoms with Crippen LogP contribution in [0.2, 0.25) is 0 Å². The number of carbonyl (C=O) groups is 1. The molecule has 0 saturated heterocycles. The maximum atomic E-state index is 12.1. The minimum atomic E-state index is 0.0859. The first kappa shape index (κ1) is 17.6. The molecule has 6 nitrogen and oxygen atoms in total. The molecule has 0 aliphatic carbocycles. The van der Waals surface area contributed by atoms with E-state index in [1.807, 2.05) is 35.1 Å². The number of fused-ring (bicyclic) bond motifs is 1. The highest BCUT2D eigenvalue weighted by molar-refractivity contribution is 5.76. The van der Waals surface area contributed by atoms with Gasteiger partial charge in [0.15, 0.2) is 0 Å². The number of carbonyl (C=O) groups excluding carboxylic acids is 1. The van der Waals surface area contributed by atoms with E-state index in [9.17, 15) is 4.79 Å². The van der Waals surface area contributed by atoms with Crippen LogP contribution in [0.15, 0.2) is 42.6 Å². The lowest BCUT2D eigenvalue weighted by molar-refractivity contribution is -0.129. The summed E-state index contributed by atoms with van der Waals surface area (Å²) in [5, 5.41) is 4.41. The van der Waals surface area contributed by atoms with E-state index >= 15 is 0 Å². The van der Waals surface area contributed by atoms with Crippen LogP contribution in [0.1, 0.15) is 23.7 Å². The highest BCUT2D eigenvalue weighted by Crippen LogP contribution is 2.23. The first-order valence-electron chi connectivity index (χ1n) is 8.70. The van der Waals surface area contributed by atoms with Crippen molar-refractivity contribution in [2.24, 2.45) is 0 Å². The van der Waals surface area contributed by atoms with Crippen LogP contribution in [0, 0.1) is 0 Å². The van der Waals surface area contributed by atoms with E-state index in [0.717, 1.165) is 25.3 Å². The van der Waals surface area contributed by atoms with E-state index in [1.165, 1.54) is 5.56 Å². The number of hydrogen-bond donors (Lipinski definition) is 0. The molecule has 1 amide bonds. The SMILES string of the molecule is CN(C)C(=O)CC1CN(CCOCc2ccccc2)Cc2ccnn21. The lowest BCUT2D eigenvalue weighted by Gasteiger charge is -2.34. The summed E-state index contributed by atoms with van der Waals surface area (Å²) in [5.74, 6) is 0.133. The van der Waals surface area contributed by atoms with Gasteiger partial charge in [-0.15, -0.1) is 0 Å². The largest absolute Gasteiger partial charge is 0.375 e. The zero-order chi connectivity index (χ0) is 17.6. The molecule has 1 aromatic heterocycles. The molecule has 1 unspecified atom stereocenters. The molecular formula is C19H26N4O2. The number of amides is 1. The van der Waals surface area contributed by atoms with E-state index in [1.54, 1.807) is 19.0 Å². The van der Waals surface area contributed by atoms with Gasteiger partial charge in [-0.1, -0.05) is 30.3 Å². The standard InChI is InChI=1S/C19H26N4O2/c1-21(2)19(24)12-18-14-22(13-17-8-9-20-23(17)18)10-11-25-15-16-6-4-3-5-7-16/h3-9,18H,10-15H2,1-2H3. The van der Waals surface area contributed by atoms with Gasteiger partial charge in [0.25, 0.3) is 0 Å². The van der Waals surface area contributed by atoms with Crippen molar-refractivity contribution in [3.8, 4) is 0 Å². The van der Waals surface area contributed by atoms with E-state index < -0.39 is 0 Å². The van der Waals surface area contributed by atoms with Crippen molar-refractivity contribution in [1.82, 2.24) is 19.6 Å². The van der Waals surface area contributed by atoms with Gasteiger partial charge < -0.3 is 9.64 Å². The second-order valence-corrected chi connectivity index (χ2v) is 6.69. The highest BCUT2D eigenvalue weighted by atomic mass is 16.5. The van der Waals surface area contributed by atoms with Gasteiger partial charge >= 0.3 is 0 Å². The Labute approximate surface area is 149 Å². The Kier molecular flexibility index (Phi) is 5.83. The van der Waals surface area contributed by atoms with Gasteiger partial charge in [-0.25, -0.2) is 0 Å². The Morgan fingerprint density at radius 3 is 2.84 bits per heavy atom. The summed E-state index contributed by atoms with van der Waals surface area (Å²) < 4.78 is 7.81. The van der Waals surface area contributed by atoms with Gasteiger partial charge in [0.1, 0.15) is 0 Å². The lowest BCUT2D eigenvalue weighted by Crippen LogP contribution is -2.41. The summed E-state index contributed by atoms with van der Waals surface area (Å²) in [6.45, 7) is 3.83. The summed E-state index contributed by atoms with van der Waals surface area (Å²) in [6, 6.07) is 12.3. The average molecular weight is 342 g/mol. The minimum Gasteiger partial charge on any atom is -0.375 e. The molecule has 0 bridgehead atoms. The van der Waals surface area contributed by atoms with Crippen LogP contribution < -0.4 is 0 Å². The molecule has 1 aromatic carbocycles. The first-order valence-corrected chi connectivity index (χ1v) is 8.70. The van der Waals surface area contributed by atoms with Crippen molar-refractivity contribution in [3.63, 3.8) is 0 Å². The van der Waals surface area contributed by atoms with Crippen molar-refractivity contribution in [2.45, 2.75) is 25.6 Å². The maximum absolute atomic E-state index is 12.1. The van der Waals surface area contributed by atoms with Crippen LogP contribution in [-0.2, 0) is 22.7 Å². The molecule has 2 heterocycles. The van der Waals surface area contributed by atoms with Crippen LogP contribution in [0.25, 0.3) is 0 Å². The van der Waals surface area contributed by atoms with Gasteiger partial charge in [-0.05, 0) is 11.6 Å². The summed E-state index contributed by atoms with van der Waals surface area (Å²) >= 11 is 0. The molecule has 0 spiro atoms. The third-order valence-corrected chi connectivity index (χ3v) is 4.53. The molecule has 0 radical (unpaired) electrons. The van der Waals surface area contributed by atoms with E-state index in [4.69, 9.17) is 4.74 Å². The lowest BCUT2D eigenvalue weighted by atomic mass is 10.1. The van der Waals surface area contributed by atoms with E-state index in [0.29, 0.717) is 19.6 Å². The van der Waals surface area contributed by atoms with Gasteiger partial charge in [-0.2, -0.15) is 5.10 Å². The molecule has 1 atom stereocenters. The second kappa shape index (κ2) is 8.27. The Morgan fingerprint density at radius 2 is 2.08 bits per heavy atom. The number of hydrogen-bond acceptors (Lipinski definition) is 4. The van der Waals surface area contributed by atoms with Crippen molar-refractivity contribution in [1.29, 1.82) is 0 Å². The average Bonchev–Trinajstić information content (AvgIpc) is 3.08. The number of nitrogens with zero attached hydrogens (tertiary/aromatic N) is 4. The molecule has 6 heteroatoms. The summed E-state index contributed by atoms with van der Waals surface area (Å²) in [5.41, 5.74) is 2.35. The van der Waals surface area contributed by atoms with Crippen molar-refractivity contribution in [3.05, 3.63) is 53.9 Å². The summed E-state index contributed by atoms with van der Waals surface area (Å²) in [4.78, 5) is 16.1. The number of rotatable bonds is 7. The summed E-state index contributed by atoms with van der Waals surface area (Å²) in [6.07, 6.45) is 2.29. The molecule has 0 fully saturated rings. The second-order valence-electron chi connectivity index (χ2n) is 6.69. The first-order chi connectivity index (χ1) is 12.1. The van der Waals surface area contributed by atoms with Crippen molar-refractivity contribution < 1.29 is 9.53 Å². The van der Waals surface area contributed by atoms with Gasteiger partial charge in [0.05, 0.1) is 31.4 Å². The number of benzene rings is 1. The highest BCUT2D eigenvalue weighted by Gasteiger charge is 2.27. The van der Waals surface area contributed by atoms with Crippen LogP contribution in [0.4, 0.5) is 0 Å². The van der Waals surface area contributed by atoms with E-state index in [2.05, 4.69) is 22.1 Å². The Hall–Kier alpha value is -2.18. The van der Waals surface area contributed by atoms with Crippen LogP contribution in [0.3, 0.4) is 0 Å². The molecule has 0 N–H and O–H groups in total. The monoisotopic (exact) mass is 342 g/mol. The molecule has 3 rings (SSSR count). The molecule has 1 aliphatic rings. The molecule has 134 valence electrons. The van der Waals surface area contributed by atoms with Crippen LogP contribution in [-0.4, -0.2) is 59.3 Å². The third-order valence-electron chi connectivity index (χ3n) is 4.53. The fraction of sp³-hybridized carbons (Fsp3) is 0.474. The molecule has 0 saturated carbocycles. The molecule has 25 heavy (non-hydrogen) atoms. The zero-order valence-electron chi connectivity index (χ0n) is 15.0. The normalized spacial score (nSPS) is 17.3.